The highest BCUT2D eigenvalue weighted by atomic mass is 32.1. The van der Waals surface area contributed by atoms with E-state index in [1.807, 2.05) is 0 Å². The van der Waals surface area contributed by atoms with Gasteiger partial charge in [-0.25, -0.2) is 14.4 Å². The molecule has 4 aromatic rings. The lowest BCUT2D eigenvalue weighted by molar-refractivity contribution is 0.459. The number of aromatic amines is 1. The standard InChI is InChI=1S/C18H17FN6OS/c1-25-8-11-6-10(7-12(19)13(11)24-25)15-22-16(26)14-18(23-15)27-17(21-14)9-2-4-20-5-3-9/h6-9,20H,2-5H2,1H3,(H,22,23,26). The van der Waals surface area contributed by atoms with Crippen molar-refractivity contribution in [2.45, 2.75) is 18.8 Å². The van der Waals surface area contributed by atoms with Crippen LogP contribution in [0.1, 0.15) is 23.8 Å². The van der Waals surface area contributed by atoms with Crippen molar-refractivity contribution < 1.29 is 4.39 Å². The molecule has 0 saturated carbocycles. The molecule has 1 fully saturated rings. The van der Waals surface area contributed by atoms with Gasteiger partial charge in [-0.2, -0.15) is 5.10 Å². The maximum atomic E-state index is 14.4. The SMILES string of the molecule is Cn1cc2cc(-c3nc4sc(C5CCNCC5)nc4c(=O)[nH]3)cc(F)c2n1. The minimum atomic E-state index is -0.439. The molecule has 1 aliphatic heterocycles. The Morgan fingerprint density at radius 1 is 1.22 bits per heavy atom. The molecule has 0 radical (unpaired) electrons. The Morgan fingerprint density at radius 2 is 2.04 bits per heavy atom. The first-order valence-electron chi connectivity index (χ1n) is 8.83. The van der Waals surface area contributed by atoms with Crippen LogP contribution in [0.15, 0.2) is 23.1 Å². The zero-order valence-corrected chi connectivity index (χ0v) is 15.4. The fourth-order valence-corrected chi connectivity index (χ4v) is 4.69. The van der Waals surface area contributed by atoms with Gasteiger partial charge in [0.15, 0.2) is 16.2 Å². The second-order valence-corrected chi connectivity index (χ2v) is 7.85. The number of piperidine rings is 1. The van der Waals surface area contributed by atoms with Gasteiger partial charge in [0.2, 0.25) is 0 Å². The van der Waals surface area contributed by atoms with Crippen molar-refractivity contribution in [2.24, 2.45) is 7.05 Å². The third-order valence-corrected chi connectivity index (χ3v) is 6.04. The van der Waals surface area contributed by atoms with E-state index >= 15 is 0 Å². The molecule has 9 heteroatoms. The highest BCUT2D eigenvalue weighted by Crippen LogP contribution is 2.31. The van der Waals surface area contributed by atoms with Gasteiger partial charge in [-0.1, -0.05) is 11.3 Å². The van der Waals surface area contributed by atoms with E-state index in [0.717, 1.165) is 30.9 Å². The molecule has 5 rings (SSSR count). The molecule has 27 heavy (non-hydrogen) atoms. The summed E-state index contributed by atoms with van der Waals surface area (Å²) in [6.07, 6.45) is 3.75. The molecule has 1 aliphatic rings. The molecule has 0 spiro atoms. The van der Waals surface area contributed by atoms with Crippen molar-refractivity contribution >= 4 is 32.6 Å². The molecule has 2 N–H and O–H groups in total. The van der Waals surface area contributed by atoms with Crippen molar-refractivity contribution in [3.05, 3.63) is 39.5 Å². The van der Waals surface area contributed by atoms with E-state index in [0.29, 0.717) is 38.6 Å². The highest BCUT2D eigenvalue weighted by molar-refractivity contribution is 7.18. The predicted molar refractivity (Wildman–Crippen MR) is 103 cm³/mol. The summed E-state index contributed by atoms with van der Waals surface area (Å²) >= 11 is 1.46. The topological polar surface area (TPSA) is 88.5 Å². The monoisotopic (exact) mass is 384 g/mol. The smallest absolute Gasteiger partial charge is 0.278 e. The maximum absolute atomic E-state index is 14.4. The molecule has 0 aliphatic carbocycles. The number of fused-ring (bicyclic) bond motifs is 2. The van der Waals surface area contributed by atoms with E-state index in [-0.39, 0.29) is 5.56 Å². The number of benzene rings is 1. The zero-order chi connectivity index (χ0) is 18.5. The van der Waals surface area contributed by atoms with E-state index in [4.69, 9.17) is 0 Å². The minimum Gasteiger partial charge on any atom is -0.317 e. The number of aryl methyl sites for hydroxylation is 1. The Labute approximate surface area is 157 Å². The average molecular weight is 384 g/mol. The fraction of sp³-hybridized carbons (Fsp3) is 0.333. The molecule has 138 valence electrons. The number of aromatic nitrogens is 5. The quantitative estimate of drug-likeness (QED) is 0.554. The van der Waals surface area contributed by atoms with Crippen LogP contribution in [0, 0.1) is 5.82 Å². The Hall–Kier alpha value is -2.65. The molecule has 0 amide bonds. The third kappa shape index (κ3) is 2.83. The van der Waals surface area contributed by atoms with Crippen LogP contribution in [0.4, 0.5) is 4.39 Å². The van der Waals surface area contributed by atoms with Crippen LogP contribution >= 0.6 is 11.3 Å². The summed E-state index contributed by atoms with van der Waals surface area (Å²) in [5, 5.41) is 9.06. The highest BCUT2D eigenvalue weighted by Gasteiger charge is 2.21. The Balaban J connectivity index is 1.62. The number of H-pyrrole nitrogens is 1. The van der Waals surface area contributed by atoms with Crippen molar-refractivity contribution in [3.8, 4) is 11.4 Å². The summed E-state index contributed by atoms with van der Waals surface area (Å²) in [5.74, 6) is 0.265. The van der Waals surface area contributed by atoms with Gasteiger partial charge >= 0.3 is 0 Å². The number of nitrogens with zero attached hydrogens (tertiary/aromatic N) is 4. The predicted octanol–water partition coefficient (Wildman–Crippen LogP) is 2.54. The fourth-order valence-electron chi connectivity index (χ4n) is 3.58. The number of halogens is 1. The van der Waals surface area contributed by atoms with Gasteiger partial charge in [0.25, 0.3) is 5.56 Å². The summed E-state index contributed by atoms with van der Waals surface area (Å²) in [7, 11) is 1.74. The third-order valence-electron chi connectivity index (χ3n) is 4.92. The number of nitrogens with one attached hydrogen (secondary N) is 2. The van der Waals surface area contributed by atoms with E-state index < -0.39 is 5.82 Å². The van der Waals surface area contributed by atoms with Gasteiger partial charge < -0.3 is 10.3 Å². The van der Waals surface area contributed by atoms with Crippen molar-refractivity contribution in [1.82, 2.24) is 30.0 Å². The molecular formula is C18H17FN6OS. The maximum Gasteiger partial charge on any atom is 0.278 e. The largest absolute Gasteiger partial charge is 0.317 e. The van der Waals surface area contributed by atoms with E-state index in [1.165, 1.54) is 17.4 Å². The van der Waals surface area contributed by atoms with Crippen LogP contribution in [-0.4, -0.2) is 37.8 Å². The molecule has 7 nitrogen and oxygen atoms in total. The second kappa shape index (κ2) is 6.21. The normalized spacial score (nSPS) is 15.8. The summed E-state index contributed by atoms with van der Waals surface area (Å²) < 4.78 is 16.0. The molecular weight excluding hydrogens is 367 g/mol. The Morgan fingerprint density at radius 3 is 2.85 bits per heavy atom. The van der Waals surface area contributed by atoms with Crippen molar-refractivity contribution in [3.63, 3.8) is 0 Å². The summed E-state index contributed by atoms with van der Waals surface area (Å²) in [6.45, 7) is 1.92. The first-order valence-corrected chi connectivity index (χ1v) is 9.65. The van der Waals surface area contributed by atoms with Crippen LogP contribution in [0.3, 0.4) is 0 Å². The Bertz CT molecular complexity index is 1220. The van der Waals surface area contributed by atoms with Crippen LogP contribution in [-0.2, 0) is 7.05 Å². The number of rotatable bonds is 2. The molecule has 1 saturated heterocycles. The molecule has 4 heterocycles. The number of thiazole rings is 1. The van der Waals surface area contributed by atoms with Gasteiger partial charge in [-0.05, 0) is 38.1 Å². The lowest BCUT2D eigenvalue weighted by atomic mass is 9.99. The number of hydrogen-bond donors (Lipinski definition) is 2. The van der Waals surface area contributed by atoms with E-state index in [2.05, 4.69) is 25.4 Å². The van der Waals surface area contributed by atoms with Crippen molar-refractivity contribution in [2.75, 3.05) is 13.1 Å². The van der Waals surface area contributed by atoms with Gasteiger partial charge in [-0.3, -0.25) is 9.48 Å². The zero-order valence-electron chi connectivity index (χ0n) is 14.6. The summed E-state index contributed by atoms with van der Waals surface area (Å²) in [6, 6.07) is 3.14. The summed E-state index contributed by atoms with van der Waals surface area (Å²) in [4.78, 5) is 25.0. The van der Waals surface area contributed by atoms with Crippen LogP contribution in [0.5, 0.6) is 0 Å². The van der Waals surface area contributed by atoms with Crippen LogP contribution in [0.2, 0.25) is 0 Å². The molecule has 1 aromatic carbocycles. The minimum absolute atomic E-state index is 0.293. The van der Waals surface area contributed by atoms with Crippen LogP contribution in [0.25, 0.3) is 32.6 Å². The molecule has 0 bridgehead atoms. The molecule has 0 atom stereocenters. The average Bonchev–Trinajstić information content (AvgIpc) is 3.26. The van der Waals surface area contributed by atoms with Gasteiger partial charge in [0, 0.05) is 30.1 Å². The van der Waals surface area contributed by atoms with Gasteiger partial charge in [0.05, 0.1) is 5.01 Å². The lowest BCUT2D eigenvalue weighted by Gasteiger charge is -2.20. The Kier molecular flexibility index (Phi) is 3.80. The van der Waals surface area contributed by atoms with Gasteiger partial charge in [-0.15, -0.1) is 0 Å². The second-order valence-electron chi connectivity index (χ2n) is 6.84. The first kappa shape index (κ1) is 16.5. The number of hydrogen-bond acceptors (Lipinski definition) is 6. The summed E-state index contributed by atoms with van der Waals surface area (Å²) in [5.41, 5.74) is 0.887. The van der Waals surface area contributed by atoms with Gasteiger partial charge in [0.1, 0.15) is 11.3 Å². The molecule has 0 unspecified atom stereocenters. The lowest BCUT2D eigenvalue weighted by Crippen LogP contribution is -2.26. The van der Waals surface area contributed by atoms with E-state index in [1.54, 1.807) is 24.0 Å². The first-order chi connectivity index (χ1) is 13.1. The van der Waals surface area contributed by atoms with E-state index in [9.17, 15) is 9.18 Å². The van der Waals surface area contributed by atoms with Crippen molar-refractivity contribution in [1.29, 1.82) is 0 Å². The molecule has 3 aromatic heterocycles. The van der Waals surface area contributed by atoms with Crippen LogP contribution < -0.4 is 10.9 Å².